The lowest BCUT2D eigenvalue weighted by atomic mass is 10.1. The fourth-order valence-corrected chi connectivity index (χ4v) is 2.90. The molecule has 2 aromatic rings. The Labute approximate surface area is 140 Å². The first-order valence-electron chi connectivity index (χ1n) is 7.51. The van der Waals surface area contributed by atoms with Crippen LogP contribution < -0.4 is 4.90 Å². The van der Waals surface area contributed by atoms with Crippen LogP contribution in [0.3, 0.4) is 0 Å². The number of anilines is 1. The summed E-state index contributed by atoms with van der Waals surface area (Å²) in [5, 5.41) is 0.632. The maximum atomic E-state index is 12.7. The van der Waals surface area contributed by atoms with Crippen molar-refractivity contribution in [1.29, 1.82) is 0 Å². The number of benzene rings is 2. The van der Waals surface area contributed by atoms with Gasteiger partial charge in [0.05, 0.1) is 0 Å². The second-order valence-corrected chi connectivity index (χ2v) is 5.94. The Morgan fingerprint density at radius 1 is 1.04 bits per heavy atom. The zero-order valence-corrected chi connectivity index (χ0v) is 13.5. The van der Waals surface area contributed by atoms with Gasteiger partial charge in [0.25, 0.3) is 5.91 Å². The average molecular weight is 329 g/mol. The van der Waals surface area contributed by atoms with E-state index < -0.39 is 6.04 Å². The van der Waals surface area contributed by atoms with Crippen molar-refractivity contribution >= 4 is 29.1 Å². The van der Waals surface area contributed by atoms with Crippen LogP contribution in [-0.2, 0) is 4.79 Å². The van der Waals surface area contributed by atoms with Crippen molar-refractivity contribution < 1.29 is 9.59 Å². The normalized spacial score (nSPS) is 18.2. The number of halogens is 1. The van der Waals surface area contributed by atoms with Crippen LogP contribution in [0.2, 0.25) is 5.02 Å². The number of hydrogen-bond donors (Lipinski definition) is 0. The third-order valence-electron chi connectivity index (χ3n) is 4.08. The smallest absolute Gasteiger partial charge is 0.254 e. The Balaban J connectivity index is 1.79. The molecule has 1 aliphatic rings. The van der Waals surface area contributed by atoms with E-state index >= 15 is 0 Å². The van der Waals surface area contributed by atoms with Gasteiger partial charge >= 0.3 is 0 Å². The molecule has 1 saturated heterocycles. The molecule has 2 aromatic carbocycles. The summed E-state index contributed by atoms with van der Waals surface area (Å²) in [6.45, 7) is 2.75. The van der Waals surface area contributed by atoms with Crippen molar-refractivity contribution in [3.8, 4) is 0 Å². The summed E-state index contributed by atoms with van der Waals surface area (Å²) in [6.07, 6.45) is 0. The second-order valence-electron chi connectivity index (χ2n) is 5.51. The van der Waals surface area contributed by atoms with Gasteiger partial charge in [0.1, 0.15) is 6.04 Å². The third kappa shape index (κ3) is 3.08. The van der Waals surface area contributed by atoms with E-state index in [1.165, 1.54) is 0 Å². The topological polar surface area (TPSA) is 40.6 Å². The quantitative estimate of drug-likeness (QED) is 0.849. The maximum absolute atomic E-state index is 12.7. The van der Waals surface area contributed by atoms with Crippen LogP contribution >= 0.6 is 11.6 Å². The van der Waals surface area contributed by atoms with Crippen LogP contribution in [-0.4, -0.2) is 35.8 Å². The first-order valence-corrected chi connectivity index (χ1v) is 7.88. The van der Waals surface area contributed by atoms with E-state index in [1.807, 2.05) is 30.3 Å². The summed E-state index contributed by atoms with van der Waals surface area (Å²) in [5.41, 5.74) is 1.41. The zero-order valence-electron chi connectivity index (χ0n) is 12.8. The Bertz CT molecular complexity index is 716. The van der Waals surface area contributed by atoms with Gasteiger partial charge in [-0.25, -0.2) is 0 Å². The number of piperazine rings is 1. The van der Waals surface area contributed by atoms with E-state index in [0.717, 1.165) is 5.69 Å². The SMILES string of the molecule is CC1C(=O)N(c2ccc(Cl)cc2)CCN1C(=O)c1ccccc1. The molecule has 23 heavy (non-hydrogen) atoms. The highest BCUT2D eigenvalue weighted by atomic mass is 35.5. The molecule has 3 rings (SSSR count). The molecule has 4 nitrogen and oxygen atoms in total. The standard InChI is InChI=1S/C18H17ClN2O2/c1-13-17(22)21(16-9-7-15(19)8-10-16)12-11-20(13)18(23)14-5-3-2-4-6-14/h2-10,13H,11-12H2,1H3. The maximum Gasteiger partial charge on any atom is 0.254 e. The van der Waals surface area contributed by atoms with Gasteiger partial charge in [-0.05, 0) is 43.3 Å². The fraction of sp³-hybridized carbons (Fsp3) is 0.222. The van der Waals surface area contributed by atoms with Crippen LogP contribution in [0.1, 0.15) is 17.3 Å². The molecule has 1 aliphatic heterocycles. The van der Waals surface area contributed by atoms with E-state index in [-0.39, 0.29) is 11.8 Å². The van der Waals surface area contributed by atoms with E-state index in [2.05, 4.69) is 0 Å². The van der Waals surface area contributed by atoms with Crippen LogP contribution in [0, 0.1) is 0 Å². The van der Waals surface area contributed by atoms with Crippen LogP contribution in [0.25, 0.3) is 0 Å². The molecule has 0 aliphatic carbocycles. The number of rotatable bonds is 2. The van der Waals surface area contributed by atoms with E-state index in [1.54, 1.807) is 41.0 Å². The Hall–Kier alpha value is -2.33. The molecule has 1 atom stereocenters. The van der Waals surface area contributed by atoms with Crippen LogP contribution in [0.5, 0.6) is 0 Å². The lowest BCUT2D eigenvalue weighted by Gasteiger charge is -2.39. The summed E-state index contributed by atoms with van der Waals surface area (Å²) >= 11 is 5.89. The Kier molecular flexibility index (Phi) is 4.35. The van der Waals surface area contributed by atoms with E-state index in [4.69, 9.17) is 11.6 Å². The minimum absolute atomic E-state index is 0.0807. The highest BCUT2D eigenvalue weighted by molar-refractivity contribution is 6.30. The molecule has 0 aromatic heterocycles. The molecule has 1 heterocycles. The minimum Gasteiger partial charge on any atom is -0.325 e. The molecule has 0 radical (unpaired) electrons. The summed E-state index contributed by atoms with van der Waals surface area (Å²) in [7, 11) is 0. The van der Waals surface area contributed by atoms with Gasteiger partial charge in [-0.2, -0.15) is 0 Å². The average Bonchev–Trinajstić information content (AvgIpc) is 2.58. The van der Waals surface area contributed by atoms with Crippen molar-refractivity contribution in [2.75, 3.05) is 18.0 Å². The molecule has 0 bridgehead atoms. The number of hydrogen-bond acceptors (Lipinski definition) is 2. The molecule has 0 saturated carbocycles. The Morgan fingerprint density at radius 3 is 2.35 bits per heavy atom. The van der Waals surface area contributed by atoms with Gasteiger partial charge in [-0.15, -0.1) is 0 Å². The van der Waals surface area contributed by atoms with Crippen molar-refractivity contribution in [3.05, 3.63) is 65.2 Å². The number of amides is 2. The summed E-state index contributed by atoms with van der Waals surface area (Å²) < 4.78 is 0. The first-order chi connectivity index (χ1) is 11.1. The number of carbonyl (C=O) groups excluding carboxylic acids is 2. The predicted molar refractivity (Wildman–Crippen MR) is 90.7 cm³/mol. The van der Waals surface area contributed by atoms with Gasteiger partial charge in [-0.3, -0.25) is 9.59 Å². The first kappa shape index (κ1) is 15.6. The van der Waals surface area contributed by atoms with Gasteiger partial charge in [0, 0.05) is 29.4 Å². The third-order valence-corrected chi connectivity index (χ3v) is 4.33. The fourth-order valence-electron chi connectivity index (χ4n) is 2.77. The molecule has 1 unspecified atom stereocenters. The lowest BCUT2D eigenvalue weighted by Crippen LogP contribution is -2.57. The molecule has 0 spiro atoms. The second kappa shape index (κ2) is 6.42. The lowest BCUT2D eigenvalue weighted by molar-refractivity contribution is -0.124. The van der Waals surface area contributed by atoms with Crippen molar-refractivity contribution in [3.63, 3.8) is 0 Å². The highest BCUT2D eigenvalue weighted by Gasteiger charge is 2.35. The number of carbonyl (C=O) groups is 2. The van der Waals surface area contributed by atoms with Crippen molar-refractivity contribution in [1.82, 2.24) is 4.90 Å². The molecule has 1 fully saturated rings. The molecule has 0 N–H and O–H groups in total. The largest absolute Gasteiger partial charge is 0.325 e. The number of nitrogens with zero attached hydrogens (tertiary/aromatic N) is 2. The van der Waals surface area contributed by atoms with Crippen LogP contribution in [0.15, 0.2) is 54.6 Å². The molecule has 5 heteroatoms. The van der Waals surface area contributed by atoms with Crippen molar-refractivity contribution in [2.24, 2.45) is 0 Å². The van der Waals surface area contributed by atoms with Gasteiger partial charge < -0.3 is 9.80 Å². The van der Waals surface area contributed by atoms with Crippen LogP contribution in [0.4, 0.5) is 5.69 Å². The van der Waals surface area contributed by atoms with Gasteiger partial charge in [0.2, 0.25) is 5.91 Å². The summed E-state index contributed by atoms with van der Waals surface area (Å²) in [5.74, 6) is -0.190. The molecule has 2 amide bonds. The summed E-state index contributed by atoms with van der Waals surface area (Å²) in [4.78, 5) is 28.6. The molecular formula is C18H17ClN2O2. The highest BCUT2D eigenvalue weighted by Crippen LogP contribution is 2.23. The molecular weight excluding hydrogens is 312 g/mol. The molecule has 118 valence electrons. The zero-order chi connectivity index (χ0) is 16.4. The van der Waals surface area contributed by atoms with E-state index in [9.17, 15) is 9.59 Å². The Morgan fingerprint density at radius 2 is 1.70 bits per heavy atom. The van der Waals surface area contributed by atoms with Gasteiger partial charge in [-0.1, -0.05) is 29.8 Å². The van der Waals surface area contributed by atoms with E-state index in [0.29, 0.717) is 23.7 Å². The predicted octanol–water partition coefficient (Wildman–Crippen LogP) is 3.22. The monoisotopic (exact) mass is 328 g/mol. The van der Waals surface area contributed by atoms with Gasteiger partial charge in [0.15, 0.2) is 0 Å². The van der Waals surface area contributed by atoms with Crippen molar-refractivity contribution in [2.45, 2.75) is 13.0 Å². The summed E-state index contributed by atoms with van der Waals surface area (Å²) in [6, 6.07) is 15.7. The minimum atomic E-state index is -0.493.